The van der Waals surface area contributed by atoms with Crippen LogP contribution in [0.25, 0.3) is 22.5 Å². The first-order valence-corrected chi connectivity index (χ1v) is 8.94. The Morgan fingerprint density at radius 2 is 1.93 bits per heavy atom. The van der Waals surface area contributed by atoms with Crippen LogP contribution in [0.5, 0.6) is 5.75 Å². The average molecular weight is 367 g/mol. The molecule has 1 aliphatic rings. The second-order valence-electron chi connectivity index (χ2n) is 6.68. The zero-order valence-corrected chi connectivity index (χ0v) is 15.4. The van der Waals surface area contributed by atoms with Gasteiger partial charge in [-0.2, -0.15) is 5.10 Å². The Morgan fingerprint density at radius 1 is 1.11 bits per heavy atom. The standard InChI is InChI=1S/C20H22FN5O/c1-25-8-10-26(11-9-25)19-12-14(6-7-22-19)16-13-17(24-23-16)20-15(21)4-3-5-18(20)27-2/h3-7,12-13H,8-11H2,1-2H3,(H,23,24). The number of ether oxygens (including phenoxy) is 1. The van der Waals surface area contributed by atoms with Crippen molar-refractivity contribution in [3.05, 3.63) is 48.4 Å². The third-order valence-corrected chi connectivity index (χ3v) is 4.91. The molecule has 0 unspecified atom stereocenters. The number of hydrogen-bond acceptors (Lipinski definition) is 5. The summed E-state index contributed by atoms with van der Waals surface area (Å²) in [4.78, 5) is 9.09. The summed E-state index contributed by atoms with van der Waals surface area (Å²) in [6, 6.07) is 10.6. The minimum Gasteiger partial charge on any atom is -0.496 e. The number of aromatic nitrogens is 3. The first-order chi connectivity index (χ1) is 13.2. The van der Waals surface area contributed by atoms with Gasteiger partial charge in [-0.05, 0) is 37.4 Å². The Labute approximate surface area is 157 Å². The second kappa shape index (κ2) is 7.36. The number of benzene rings is 1. The van der Waals surface area contributed by atoms with Crippen LogP contribution in [0.15, 0.2) is 42.6 Å². The number of hydrogen-bond donors (Lipinski definition) is 1. The zero-order valence-electron chi connectivity index (χ0n) is 15.4. The predicted octanol–water partition coefficient (Wildman–Crippen LogP) is 3.04. The molecule has 1 aromatic carbocycles. The summed E-state index contributed by atoms with van der Waals surface area (Å²) in [6.45, 7) is 3.94. The number of anilines is 1. The van der Waals surface area contributed by atoms with Crippen LogP contribution in [0.4, 0.5) is 10.2 Å². The van der Waals surface area contributed by atoms with Gasteiger partial charge in [0.1, 0.15) is 17.4 Å². The summed E-state index contributed by atoms with van der Waals surface area (Å²) in [5, 5.41) is 7.31. The molecule has 6 nitrogen and oxygen atoms in total. The second-order valence-corrected chi connectivity index (χ2v) is 6.68. The van der Waals surface area contributed by atoms with Crippen molar-refractivity contribution >= 4 is 5.82 Å². The van der Waals surface area contributed by atoms with Crippen molar-refractivity contribution in [1.82, 2.24) is 20.1 Å². The maximum atomic E-state index is 14.3. The van der Waals surface area contributed by atoms with E-state index in [-0.39, 0.29) is 5.82 Å². The monoisotopic (exact) mass is 367 g/mol. The number of likely N-dealkylation sites (N-methyl/N-ethyl adjacent to an activating group) is 1. The van der Waals surface area contributed by atoms with Crippen molar-refractivity contribution in [3.63, 3.8) is 0 Å². The van der Waals surface area contributed by atoms with Gasteiger partial charge in [0, 0.05) is 37.9 Å². The van der Waals surface area contributed by atoms with E-state index < -0.39 is 0 Å². The summed E-state index contributed by atoms with van der Waals surface area (Å²) in [5.41, 5.74) is 2.65. The van der Waals surface area contributed by atoms with Gasteiger partial charge in [0.2, 0.25) is 0 Å². The van der Waals surface area contributed by atoms with Gasteiger partial charge in [0.05, 0.1) is 24.1 Å². The number of rotatable bonds is 4. The zero-order chi connectivity index (χ0) is 18.8. The molecule has 0 spiro atoms. The van der Waals surface area contributed by atoms with E-state index >= 15 is 0 Å². The Bertz CT molecular complexity index is 934. The van der Waals surface area contributed by atoms with Gasteiger partial charge >= 0.3 is 0 Å². The van der Waals surface area contributed by atoms with Crippen LogP contribution in [0.2, 0.25) is 0 Å². The van der Waals surface area contributed by atoms with Gasteiger partial charge in [-0.3, -0.25) is 5.10 Å². The number of H-pyrrole nitrogens is 1. The number of nitrogens with one attached hydrogen (secondary N) is 1. The number of nitrogens with zero attached hydrogens (tertiary/aromatic N) is 4. The Hall–Kier alpha value is -2.93. The van der Waals surface area contributed by atoms with Gasteiger partial charge in [-0.1, -0.05) is 6.07 Å². The van der Waals surface area contributed by atoms with Gasteiger partial charge in [0.25, 0.3) is 0 Å². The van der Waals surface area contributed by atoms with Gasteiger partial charge in [-0.15, -0.1) is 0 Å². The third kappa shape index (κ3) is 3.50. The van der Waals surface area contributed by atoms with Crippen molar-refractivity contribution in [2.45, 2.75) is 0 Å². The minimum atomic E-state index is -0.350. The number of piperazine rings is 1. The van der Waals surface area contributed by atoms with Crippen LogP contribution < -0.4 is 9.64 Å². The van der Waals surface area contributed by atoms with Gasteiger partial charge < -0.3 is 14.5 Å². The fourth-order valence-corrected chi connectivity index (χ4v) is 3.32. The van der Waals surface area contributed by atoms with E-state index in [1.807, 2.05) is 18.2 Å². The lowest BCUT2D eigenvalue weighted by Crippen LogP contribution is -2.44. The fraction of sp³-hybridized carbons (Fsp3) is 0.300. The molecular formula is C20H22FN5O. The molecule has 0 saturated carbocycles. The number of methoxy groups -OCH3 is 1. The highest BCUT2D eigenvalue weighted by Crippen LogP contribution is 2.33. The van der Waals surface area contributed by atoms with Crippen LogP contribution in [0, 0.1) is 5.82 Å². The number of aromatic amines is 1. The lowest BCUT2D eigenvalue weighted by molar-refractivity contribution is 0.312. The molecule has 27 heavy (non-hydrogen) atoms. The van der Waals surface area contributed by atoms with E-state index in [0.717, 1.165) is 43.3 Å². The molecule has 3 heterocycles. The summed E-state index contributed by atoms with van der Waals surface area (Å²) in [5.74, 6) is 1.06. The number of halogens is 1. The maximum Gasteiger partial charge on any atom is 0.136 e. The van der Waals surface area contributed by atoms with Crippen LogP contribution >= 0.6 is 0 Å². The van der Waals surface area contributed by atoms with Crippen molar-refractivity contribution in [1.29, 1.82) is 0 Å². The lowest BCUT2D eigenvalue weighted by atomic mass is 10.1. The van der Waals surface area contributed by atoms with E-state index in [1.54, 1.807) is 18.3 Å². The molecule has 1 N–H and O–H groups in total. The maximum absolute atomic E-state index is 14.3. The summed E-state index contributed by atoms with van der Waals surface area (Å²) in [6.07, 6.45) is 1.79. The Kier molecular flexibility index (Phi) is 4.77. The summed E-state index contributed by atoms with van der Waals surface area (Å²) >= 11 is 0. The fourth-order valence-electron chi connectivity index (χ4n) is 3.32. The normalized spacial score (nSPS) is 15.1. The smallest absolute Gasteiger partial charge is 0.136 e. The third-order valence-electron chi connectivity index (χ3n) is 4.91. The van der Waals surface area contributed by atoms with E-state index in [1.165, 1.54) is 13.2 Å². The molecule has 0 aliphatic carbocycles. The van der Waals surface area contributed by atoms with E-state index in [0.29, 0.717) is 17.0 Å². The van der Waals surface area contributed by atoms with Crippen LogP contribution in [0.3, 0.4) is 0 Å². The van der Waals surface area contributed by atoms with Crippen molar-refractivity contribution < 1.29 is 9.13 Å². The van der Waals surface area contributed by atoms with Crippen molar-refractivity contribution in [2.24, 2.45) is 0 Å². The highest BCUT2D eigenvalue weighted by atomic mass is 19.1. The molecule has 4 rings (SSSR count). The average Bonchev–Trinajstić information content (AvgIpc) is 3.18. The molecular weight excluding hydrogens is 345 g/mol. The quantitative estimate of drug-likeness (QED) is 0.768. The summed E-state index contributed by atoms with van der Waals surface area (Å²) in [7, 11) is 3.66. The van der Waals surface area contributed by atoms with Crippen LogP contribution in [-0.2, 0) is 0 Å². The molecule has 0 atom stereocenters. The first-order valence-electron chi connectivity index (χ1n) is 8.94. The highest BCUT2D eigenvalue weighted by Gasteiger charge is 2.18. The lowest BCUT2D eigenvalue weighted by Gasteiger charge is -2.33. The van der Waals surface area contributed by atoms with E-state index in [9.17, 15) is 4.39 Å². The molecule has 1 saturated heterocycles. The largest absolute Gasteiger partial charge is 0.496 e. The van der Waals surface area contributed by atoms with Crippen LogP contribution in [0.1, 0.15) is 0 Å². The molecule has 0 radical (unpaired) electrons. The van der Waals surface area contributed by atoms with E-state index in [2.05, 4.69) is 32.0 Å². The Morgan fingerprint density at radius 3 is 2.70 bits per heavy atom. The molecule has 7 heteroatoms. The van der Waals surface area contributed by atoms with E-state index in [4.69, 9.17) is 4.74 Å². The SMILES string of the molecule is COc1cccc(F)c1-c1cc(-c2ccnc(N3CCN(C)CC3)c2)n[nH]1. The highest BCUT2D eigenvalue weighted by molar-refractivity contribution is 5.73. The molecule has 1 aliphatic heterocycles. The van der Waals surface area contributed by atoms with Crippen molar-refractivity contribution in [3.8, 4) is 28.3 Å². The van der Waals surface area contributed by atoms with Crippen molar-refractivity contribution in [2.75, 3.05) is 45.2 Å². The molecule has 0 bridgehead atoms. The minimum absolute atomic E-state index is 0.350. The topological polar surface area (TPSA) is 57.3 Å². The summed E-state index contributed by atoms with van der Waals surface area (Å²) < 4.78 is 19.6. The molecule has 2 aromatic heterocycles. The molecule has 3 aromatic rings. The molecule has 0 amide bonds. The predicted molar refractivity (Wildman–Crippen MR) is 103 cm³/mol. The Balaban J connectivity index is 1.64. The van der Waals surface area contributed by atoms with Gasteiger partial charge in [-0.25, -0.2) is 9.37 Å². The number of pyridine rings is 1. The first kappa shape index (κ1) is 17.5. The van der Waals surface area contributed by atoms with Gasteiger partial charge in [0.15, 0.2) is 0 Å². The molecule has 140 valence electrons. The molecule has 1 fully saturated rings. The van der Waals surface area contributed by atoms with Crippen LogP contribution in [-0.4, -0.2) is 60.4 Å².